The number of ether oxygens (including phenoxy) is 2. The van der Waals surface area contributed by atoms with E-state index in [9.17, 15) is 14.4 Å². The van der Waals surface area contributed by atoms with Crippen LogP contribution in [-0.4, -0.2) is 79.6 Å². The van der Waals surface area contributed by atoms with Gasteiger partial charge in [0.25, 0.3) is 17.7 Å². The molecule has 0 aliphatic carbocycles. The summed E-state index contributed by atoms with van der Waals surface area (Å²) < 4.78 is 10.1. The van der Waals surface area contributed by atoms with Gasteiger partial charge in [0.1, 0.15) is 0 Å². The van der Waals surface area contributed by atoms with E-state index in [2.05, 4.69) is 28.3 Å². The van der Waals surface area contributed by atoms with E-state index < -0.39 is 5.91 Å². The molecule has 0 bridgehead atoms. The number of methoxy groups -OCH3 is 2. The Morgan fingerprint density at radius 1 is 0.868 bits per heavy atom. The van der Waals surface area contributed by atoms with Crippen LogP contribution in [0.1, 0.15) is 6.92 Å². The number of benzene rings is 1. The van der Waals surface area contributed by atoms with E-state index in [1.165, 1.54) is 10.0 Å². The first-order valence-corrected chi connectivity index (χ1v) is 11.7. The van der Waals surface area contributed by atoms with Crippen LogP contribution in [0.25, 0.3) is 0 Å². The van der Waals surface area contributed by atoms with Gasteiger partial charge in [0.15, 0.2) is 5.71 Å². The fraction of sp³-hybridized carbons (Fsp3) is 0.259. The van der Waals surface area contributed by atoms with Crippen molar-refractivity contribution in [2.24, 2.45) is 10.2 Å². The average Bonchev–Trinajstić information content (AvgIpc) is 3.39. The molecule has 3 amide bonds. The molecule has 3 heterocycles. The van der Waals surface area contributed by atoms with Gasteiger partial charge < -0.3 is 14.4 Å². The molecule has 0 N–H and O–H groups in total. The van der Waals surface area contributed by atoms with Gasteiger partial charge in [-0.3, -0.25) is 19.4 Å². The monoisotopic (exact) mass is 518 g/mol. The number of hydrazone groups is 2. The summed E-state index contributed by atoms with van der Waals surface area (Å²) in [6, 6.07) is 12.5. The molecule has 2 aliphatic rings. The predicted octanol–water partition coefficient (Wildman–Crippen LogP) is 2.43. The molecule has 0 saturated heterocycles. The number of anilines is 2. The SMILES string of the molecule is C=C1C(=O)N(c2ccccc2)N=C1C(=O)N(CCOC)CCOC.C=C1C(=O)N(c2cccnc2)N=C1C. The summed E-state index contributed by atoms with van der Waals surface area (Å²) >= 11 is 0. The number of para-hydroxylation sites is 1. The first-order valence-electron chi connectivity index (χ1n) is 11.7. The molecule has 0 unspecified atom stereocenters. The van der Waals surface area contributed by atoms with Crippen LogP contribution >= 0.6 is 0 Å². The van der Waals surface area contributed by atoms with Crippen molar-refractivity contribution in [3.05, 3.63) is 79.2 Å². The number of aromatic nitrogens is 1. The zero-order valence-electron chi connectivity index (χ0n) is 21.7. The van der Waals surface area contributed by atoms with E-state index in [-0.39, 0.29) is 23.1 Å². The standard InChI is InChI=1S/C17H21N3O4.C10H9N3O/c1-13-15(17(22)19(9-11-23-2)10-12-24-3)18-20(16(13)21)14-7-5-4-6-8-14;1-7-8(2)12-13(10(7)14)9-4-3-5-11-6-9/h4-8H,1,9-12H2,2-3H3;3-6H,1H2,2H3. The summed E-state index contributed by atoms with van der Waals surface area (Å²) in [5, 5.41) is 10.8. The maximum atomic E-state index is 12.7. The van der Waals surface area contributed by atoms with Gasteiger partial charge in [-0.25, -0.2) is 0 Å². The number of pyridine rings is 1. The van der Waals surface area contributed by atoms with E-state index in [0.717, 1.165) is 0 Å². The molecule has 2 aliphatic heterocycles. The number of nitrogens with zero attached hydrogens (tertiary/aromatic N) is 6. The highest BCUT2D eigenvalue weighted by Gasteiger charge is 2.35. The van der Waals surface area contributed by atoms with Crippen LogP contribution in [0.4, 0.5) is 11.4 Å². The van der Waals surface area contributed by atoms with E-state index >= 15 is 0 Å². The summed E-state index contributed by atoms with van der Waals surface area (Å²) in [5.41, 5.74) is 2.48. The van der Waals surface area contributed by atoms with Crippen LogP contribution < -0.4 is 10.0 Å². The molecule has 198 valence electrons. The third-order valence-electron chi connectivity index (χ3n) is 5.59. The molecule has 0 spiro atoms. The summed E-state index contributed by atoms with van der Waals surface area (Å²) in [7, 11) is 3.12. The molecule has 11 nitrogen and oxygen atoms in total. The molecular formula is C27H30N6O5. The minimum atomic E-state index is -0.400. The number of carbonyl (C=O) groups excluding carboxylic acids is 3. The second-order valence-electron chi connectivity index (χ2n) is 8.15. The summed E-state index contributed by atoms with van der Waals surface area (Å²) in [4.78, 5) is 42.2. The zero-order chi connectivity index (χ0) is 27.7. The molecule has 0 radical (unpaired) electrons. The number of rotatable bonds is 9. The molecule has 11 heteroatoms. The Morgan fingerprint density at radius 3 is 1.97 bits per heavy atom. The lowest BCUT2D eigenvalue weighted by atomic mass is 10.1. The Kier molecular flexibility index (Phi) is 9.74. The Labute approximate surface area is 221 Å². The lowest BCUT2D eigenvalue weighted by Crippen LogP contribution is -2.41. The molecule has 4 rings (SSSR count). The van der Waals surface area contributed by atoms with Gasteiger partial charge in [-0.2, -0.15) is 20.2 Å². The topological polar surface area (TPSA) is 117 Å². The smallest absolute Gasteiger partial charge is 0.280 e. The van der Waals surface area contributed by atoms with Crippen LogP contribution in [0.2, 0.25) is 0 Å². The summed E-state index contributed by atoms with van der Waals surface area (Å²) in [5.74, 6) is -0.945. The third-order valence-corrected chi connectivity index (χ3v) is 5.59. The highest BCUT2D eigenvalue weighted by Crippen LogP contribution is 2.23. The maximum absolute atomic E-state index is 12.7. The average molecular weight is 519 g/mol. The normalized spacial score (nSPS) is 14.8. The van der Waals surface area contributed by atoms with Gasteiger partial charge in [0, 0.05) is 33.5 Å². The van der Waals surface area contributed by atoms with Crippen molar-refractivity contribution in [3.63, 3.8) is 0 Å². The van der Waals surface area contributed by atoms with Crippen molar-refractivity contribution in [3.8, 4) is 0 Å². The van der Waals surface area contributed by atoms with Gasteiger partial charge in [-0.1, -0.05) is 31.4 Å². The number of hydrogen-bond donors (Lipinski definition) is 0. The Hall–Kier alpha value is -4.48. The Bertz CT molecular complexity index is 1250. The quantitative estimate of drug-likeness (QED) is 0.471. The van der Waals surface area contributed by atoms with Crippen molar-refractivity contribution in [2.45, 2.75) is 6.92 Å². The van der Waals surface area contributed by atoms with Crippen LogP contribution in [-0.2, 0) is 23.9 Å². The molecular weight excluding hydrogens is 488 g/mol. The van der Waals surface area contributed by atoms with Gasteiger partial charge in [-0.05, 0) is 31.2 Å². The Balaban J connectivity index is 0.000000241. The minimum Gasteiger partial charge on any atom is -0.383 e. The number of hydrogen-bond acceptors (Lipinski definition) is 8. The van der Waals surface area contributed by atoms with Crippen molar-refractivity contribution >= 4 is 40.5 Å². The molecule has 1 aromatic carbocycles. The fourth-order valence-corrected chi connectivity index (χ4v) is 3.41. The van der Waals surface area contributed by atoms with Crippen LogP contribution in [0, 0.1) is 0 Å². The Morgan fingerprint density at radius 2 is 1.45 bits per heavy atom. The molecule has 38 heavy (non-hydrogen) atoms. The van der Waals surface area contributed by atoms with Gasteiger partial charge in [-0.15, -0.1) is 0 Å². The number of amides is 3. The summed E-state index contributed by atoms with van der Waals surface area (Å²) in [6.07, 6.45) is 3.24. The van der Waals surface area contributed by atoms with Crippen molar-refractivity contribution < 1.29 is 23.9 Å². The van der Waals surface area contributed by atoms with E-state index in [1.54, 1.807) is 74.8 Å². The highest BCUT2D eigenvalue weighted by atomic mass is 16.5. The predicted molar refractivity (Wildman–Crippen MR) is 145 cm³/mol. The van der Waals surface area contributed by atoms with Gasteiger partial charge in [0.2, 0.25) is 0 Å². The third kappa shape index (κ3) is 6.44. The molecule has 2 aromatic rings. The second-order valence-corrected chi connectivity index (χ2v) is 8.15. The van der Waals surface area contributed by atoms with Crippen LogP contribution in [0.3, 0.4) is 0 Å². The summed E-state index contributed by atoms with van der Waals surface area (Å²) in [6.45, 7) is 10.7. The van der Waals surface area contributed by atoms with Crippen LogP contribution in [0.5, 0.6) is 0 Å². The molecule has 0 fully saturated rings. The van der Waals surface area contributed by atoms with E-state index in [1.807, 2.05) is 6.07 Å². The fourth-order valence-electron chi connectivity index (χ4n) is 3.41. The first-order chi connectivity index (χ1) is 18.3. The molecule has 0 saturated carbocycles. The van der Waals surface area contributed by atoms with Gasteiger partial charge >= 0.3 is 0 Å². The van der Waals surface area contributed by atoms with Gasteiger partial charge in [0.05, 0.1) is 47.6 Å². The molecule has 0 atom stereocenters. The maximum Gasteiger partial charge on any atom is 0.280 e. The van der Waals surface area contributed by atoms with Crippen molar-refractivity contribution in [2.75, 3.05) is 50.5 Å². The van der Waals surface area contributed by atoms with Crippen LogP contribution in [0.15, 0.2) is 89.4 Å². The van der Waals surface area contributed by atoms with Crippen molar-refractivity contribution in [1.29, 1.82) is 0 Å². The lowest BCUT2D eigenvalue weighted by Gasteiger charge is -2.21. The van der Waals surface area contributed by atoms with Crippen molar-refractivity contribution in [1.82, 2.24) is 9.88 Å². The zero-order valence-corrected chi connectivity index (χ0v) is 21.7. The first kappa shape index (κ1) is 28.1. The second kappa shape index (κ2) is 13.2. The number of carbonyl (C=O) groups is 3. The van der Waals surface area contributed by atoms with E-state index in [0.29, 0.717) is 49.0 Å². The molecule has 1 aromatic heterocycles. The lowest BCUT2D eigenvalue weighted by molar-refractivity contribution is -0.125. The highest BCUT2D eigenvalue weighted by molar-refractivity contribution is 6.54. The largest absolute Gasteiger partial charge is 0.383 e. The minimum absolute atomic E-state index is 0.0519. The van der Waals surface area contributed by atoms with E-state index in [4.69, 9.17) is 9.47 Å².